The molecule has 3 rings (SSSR count). The van der Waals surface area contributed by atoms with Crippen molar-refractivity contribution in [1.29, 1.82) is 0 Å². The van der Waals surface area contributed by atoms with Gasteiger partial charge in [0.25, 0.3) is 0 Å². The number of methoxy groups -OCH3 is 1. The van der Waals surface area contributed by atoms with Crippen LogP contribution >= 0.6 is 0 Å². The first-order valence-electron chi connectivity index (χ1n) is 8.06. The molecule has 0 unspecified atom stereocenters. The van der Waals surface area contributed by atoms with Crippen molar-refractivity contribution in [2.24, 2.45) is 0 Å². The maximum atomic E-state index is 5.85. The van der Waals surface area contributed by atoms with E-state index in [1.54, 1.807) is 7.11 Å². The number of aryl methyl sites for hydroxylation is 1. The minimum atomic E-state index is -0.376. The molecule has 5 heteroatoms. The first-order valence-corrected chi connectivity index (χ1v) is 8.06. The molecule has 0 atom stereocenters. The van der Waals surface area contributed by atoms with Crippen molar-refractivity contribution < 1.29 is 9.47 Å². The smallest absolute Gasteiger partial charge is 0.163 e. The number of ether oxygens (including phenoxy) is 2. The third-order valence-electron chi connectivity index (χ3n) is 4.57. The van der Waals surface area contributed by atoms with Gasteiger partial charge in [0, 0.05) is 51.0 Å². The minimum Gasteiger partial charge on any atom is -0.381 e. The summed E-state index contributed by atoms with van der Waals surface area (Å²) in [6.45, 7) is 4.55. The third kappa shape index (κ3) is 2.77. The molecule has 116 valence electrons. The molecule has 0 radical (unpaired) electrons. The van der Waals surface area contributed by atoms with Gasteiger partial charge in [0.2, 0.25) is 0 Å². The number of aromatic nitrogens is 2. The van der Waals surface area contributed by atoms with E-state index in [1.165, 1.54) is 17.7 Å². The fourth-order valence-corrected chi connectivity index (χ4v) is 3.25. The van der Waals surface area contributed by atoms with Crippen molar-refractivity contribution in [3.8, 4) is 0 Å². The van der Waals surface area contributed by atoms with Crippen LogP contribution < -0.4 is 5.32 Å². The van der Waals surface area contributed by atoms with Gasteiger partial charge in [-0.3, -0.25) is 0 Å². The summed E-state index contributed by atoms with van der Waals surface area (Å²) in [5.41, 5.74) is 2.14. The highest BCUT2D eigenvalue weighted by Crippen LogP contribution is 2.36. The second kappa shape index (κ2) is 6.28. The van der Waals surface area contributed by atoms with Crippen LogP contribution in [-0.4, -0.2) is 36.8 Å². The zero-order chi connectivity index (χ0) is 14.7. The van der Waals surface area contributed by atoms with Crippen LogP contribution in [-0.2, 0) is 27.9 Å². The molecular weight excluding hydrogens is 266 g/mol. The summed E-state index contributed by atoms with van der Waals surface area (Å²) in [4.78, 5) is 9.70. The highest BCUT2D eigenvalue weighted by Gasteiger charge is 2.38. The molecule has 2 aliphatic rings. The van der Waals surface area contributed by atoms with Crippen molar-refractivity contribution in [2.45, 2.75) is 51.0 Å². The van der Waals surface area contributed by atoms with Crippen LogP contribution in [0.1, 0.15) is 49.7 Å². The van der Waals surface area contributed by atoms with Gasteiger partial charge in [0.15, 0.2) is 5.82 Å². The Morgan fingerprint density at radius 1 is 1.24 bits per heavy atom. The Balaban J connectivity index is 1.98. The summed E-state index contributed by atoms with van der Waals surface area (Å²) in [5, 5.41) is 3.48. The Morgan fingerprint density at radius 2 is 2.05 bits per heavy atom. The van der Waals surface area contributed by atoms with Gasteiger partial charge < -0.3 is 14.8 Å². The lowest BCUT2D eigenvalue weighted by Gasteiger charge is -2.34. The zero-order valence-electron chi connectivity index (χ0n) is 13.1. The highest BCUT2D eigenvalue weighted by atomic mass is 16.5. The maximum absolute atomic E-state index is 5.85. The van der Waals surface area contributed by atoms with Crippen LogP contribution in [0.4, 0.5) is 5.82 Å². The lowest BCUT2D eigenvalue weighted by atomic mass is 9.92. The Morgan fingerprint density at radius 3 is 2.76 bits per heavy atom. The van der Waals surface area contributed by atoms with Crippen LogP contribution in [0, 0.1) is 0 Å². The van der Waals surface area contributed by atoms with Crippen LogP contribution in [0.5, 0.6) is 0 Å². The lowest BCUT2D eigenvalue weighted by molar-refractivity contribution is -0.1000. The van der Waals surface area contributed by atoms with Gasteiger partial charge in [0.1, 0.15) is 11.4 Å². The van der Waals surface area contributed by atoms with Crippen molar-refractivity contribution in [1.82, 2.24) is 9.97 Å². The molecular formula is C16H25N3O2. The van der Waals surface area contributed by atoms with E-state index in [0.29, 0.717) is 13.2 Å². The molecule has 1 aromatic rings. The number of nitrogens with zero attached hydrogens (tertiary/aromatic N) is 2. The number of anilines is 1. The second-order valence-electron chi connectivity index (χ2n) is 5.91. The fourth-order valence-electron chi connectivity index (χ4n) is 3.25. The number of hydrogen-bond donors (Lipinski definition) is 1. The van der Waals surface area contributed by atoms with Gasteiger partial charge in [-0.1, -0.05) is 6.92 Å². The van der Waals surface area contributed by atoms with Gasteiger partial charge in [0.05, 0.1) is 0 Å². The SMILES string of the molecule is CCCNc1nc(C2(OC)CCOCC2)nc2c1CCC2. The van der Waals surface area contributed by atoms with Crippen molar-refractivity contribution in [3.05, 3.63) is 17.1 Å². The van der Waals surface area contributed by atoms with E-state index in [0.717, 1.165) is 50.3 Å². The van der Waals surface area contributed by atoms with Gasteiger partial charge in [-0.05, 0) is 25.7 Å². The molecule has 0 spiro atoms. The van der Waals surface area contributed by atoms with E-state index >= 15 is 0 Å². The Kier molecular flexibility index (Phi) is 4.40. The highest BCUT2D eigenvalue weighted by molar-refractivity contribution is 5.49. The van der Waals surface area contributed by atoms with Crippen molar-refractivity contribution in [3.63, 3.8) is 0 Å². The van der Waals surface area contributed by atoms with Gasteiger partial charge in [-0.25, -0.2) is 9.97 Å². The van der Waals surface area contributed by atoms with E-state index in [2.05, 4.69) is 12.2 Å². The van der Waals surface area contributed by atoms with Gasteiger partial charge in [-0.2, -0.15) is 0 Å². The average Bonchev–Trinajstić information content (AvgIpc) is 3.01. The van der Waals surface area contributed by atoms with Gasteiger partial charge >= 0.3 is 0 Å². The molecule has 5 nitrogen and oxygen atoms in total. The zero-order valence-corrected chi connectivity index (χ0v) is 13.1. The molecule has 0 aromatic carbocycles. The normalized spacial score (nSPS) is 20.3. The molecule has 1 saturated heterocycles. The Hall–Kier alpha value is -1.20. The summed E-state index contributed by atoms with van der Waals surface area (Å²) >= 11 is 0. The second-order valence-corrected chi connectivity index (χ2v) is 5.91. The fraction of sp³-hybridized carbons (Fsp3) is 0.750. The quantitative estimate of drug-likeness (QED) is 0.903. The van der Waals surface area contributed by atoms with E-state index in [-0.39, 0.29) is 5.60 Å². The van der Waals surface area contributed by atoms with Crippen molar-refractivity contribution >= 4 is 5.82 Å². The molecule has 0 bridgehead atoms. The minimum absolute atomic E-state index is 0.376. The molecule has 0 amide bonds. The molecule has 2 heterocycles. The Labute approximate surface area is 126 Å². The molecule has 21 heavy (non-hydrogen) atoms. The number of nitrogens with one attached hydrogen (secondary N) is 1. The molecule has 1 fully saturated rings. The maximum Gasteiger partial charge on any atom is 0.163 e. The first kappa shape index (κ1) is 14.7. The average molecular weight is 291 g/mol. The first-order chi connectivity index (χ1) is 10.3. The standard InChI is InChI=1S/C16H25N3O2/c1-3-9-17-14-12-5-4-6-13(12)18-15(19-14)16(20-2)7-10-21-11-8-16/h3-11H2,1-2H3,(H,17,18,19). The van der Waals surface area contributed by atoms with Crippen LogP contribution in [0.3, 0.4) is 0 Å². The number of hydrogen-bond acceptors (Lipinski definition) is 5. The van der Waals surface area contributed by atoms with Crippen LogP contribution in [0.15, 0.2) is 0 Å². The van der Waals surface area contributed by atoms with E-state index in [4.69, 9.17) is 19.4 Å². The number of fused-ring (bicyclic) bond motifs is 1. The molecule has 1 aliphatic heterocycles. The van der Waals surface area contributed by atoms with Crippen molar-refractivity contribution in [2.75, 3.05) is 32.2 Å². The molecule has 0 saturated carbocycles. The summed E-state index contributed by atoms with van der Waals surface area (Å²) in [6, 6.07) is 0. The molecule has 1 aliphatic carbocycles. The monoisotopic (exact) mass is 291 g/mol. The molecule has 1 N–H and O–H groups in total. The summed E-state index contributed by atoms with van der Waals surface area (Å²) in [5.74, 6) is 1.87. The lowest BCUT2D eigenvalue weighted by Crippen LogP contribution is -2.37. The van der Waals surface area contributed by atoms with Gasteiger partial charge in [-0.15, -0.1) is 0 Å². The Bertz CT molecular complexity index is 499. The summed E-state index contributed by atoms with van der Waals surface area (Å²) < 4.78 is 11.3. The van der Waals surface area contributed by atoms with Crippen LogP contribution in [0.2, 0.25) is 0 Å². The third-order valence-corrected chi connectivity index (χ3v) is 4.57. The summed E-state index contributed by atoms with van der Waals surface area (Å²) in [7, 11) is 1.76. The van der Waals surface area contributed by atoms with E-state index < -0.39 is 0 Å². The number of rotatable bonds is 5. The molecule has 1 aromatic heterocycles. The topological polar surface area (TPSA) is 56.3 Å². The van der Waals surface area contributed by atoms with E-state index in [9.17, 15) is 0 Å². The van der Waals surface area contributed by atoms with E-state index in [1.807, 2.05) is 0 Å². The predicted octanol–water partition coefficient (Wildman–Crippen LogP) is 2.44. The predicted molar refractivity (Wildman–Crippen MR) is 81.6 cm³/mol. The largest absolute Gasteiger partial charge is 0.381 e. The van der Waals surface area contributed by atoms with Crippen LogP contribution in [0.25, 0.3) is 0 Å². The summed E-state index contributed by atoms with van der Waals surface area (Å²) in [6.07, 6.45) is 6.08.